The third-order valence-electron chi connectivity index (χ3n) is 4.53. The quantitative estimate of drug-likeness (QED) is 0.709. The van der Waals surface area contributed by atoms with Gasteiger partial charge in [-0.05, 0) is 31.8 Å². The summed E-state index contributed by atoms with van der Waals surface area (Å²) in [4.78, 5) is 24.8. The molecule has 2 fully saturated rings. The van der Waals surface area contributed by atoms with Crippen LogP contribution in [0.2, 0.25) is 0 Å². The minimum Gasteiger partial charge on any atom is -0.477 e. The minimum absolute atomic E-state index is 0.112. The summed E-state index contributed by atoms with van der Waals surface area (Å²) in [5.41, 5.74) is 1.13. The standard InChI is InChI=1S/C13H17NO4/c1-6(15)9-10-7-4-2-3-5-8(7)11(13(17)18)14(10)12(9)16/h6-7,9-10,15H,2-5H2,1H3,(H,17,18)/t6-,7-,9-,10-/m1/s1. The molecule has 0 unspecified atom stereocenters. The fourth-order valence-electron chi connectivity index (χ4n) is 3.82. The number of nitrogens with zero attached hydrogens (tertiary/aromatic N) is 1. The summed E-state index contributed by atoms with van der Waals surface area (Å²) >= 11 is 0. The van der Waals surface area contributed by atoms with Crippen LogP contribution in [0.5, 0.6) is 0 Å². The molecule has 2 aliphatic heterocycles. The second-order valence-electron chi connectivity index (χ2n) is 5.50. The molecule has 1 saturated heterocycles. The molecule has 98 valence electrons. The highest BCUT2D eigenvalue weighted by atomic mass is 16.4. The van der Waals surface area contributed by atoms with Gasteiger partial charge in [0, 0.05) is 5.92 Å². The first kappa shape index (κ1) is 11.7. The molecule has 18 heavy (non-hydrogen) atoms. The smallest absolute Gasteiger partial charge is 0.352 e. The fourth-order valence-corrected chi connectivity index (χ4v) is 3.82. The molecule has 2 heterocycles. The first-order valence-electron chi connectivity index (χ1n) is 6.51. The Balaban J connectivity index is 2.00. The van der Waals surface area contributed by atoms with Gasteiger partial charge in [-0.3, -0.25) is 4.79 Å². The zero-order chi connectivity index (χ0) is 13.0. The van der Waals surface area contributed by atoms with Crippen LogP contribution in [-0.4, -0.2) is 39.1 Å². The molecule has 1 amide bonds. The lowest BCUT2D eigenvalue weighted by atomic mass is 9.72. The summed E-state index contributed by atoms with van der Waals surface area (Å²) in [5.74, 6) is -1.49. The van der Waals surface area contributed by atoms with Crippen molar-refractivity contribution < 1.29 is 19.8 Å². The Hall–Kier alpha value is -1.36. The van der Waals surface area contributed by atoms with Crippen molar-refractivity contribution in [2.75, 3.05) is 0 Å². The van der Waals surface area contributed by atoms with Crippen LogP contribution in [-0.2, 0) is 9.59 Å². The van der Waals surface area contributed by atoms with Crippen LogP contribution in [0.25, 0.3) is 0 Å². The number of β-lactam (4-membered cyclic amide) rings is 1. The number of aliphatic hydroxyl groups is 1. The van der Waals surface area contributed by atoms with Gasteiger partial charge in [-0.2, -0.15) is 0 Å². The van der Waals surface area contributed by atoms with E-state index in [4.69, 9.17) is 0 Å². The second-order valence-corrected chi connectivity index (χ2v) is 5.50. The van der Waals surface area contributed by atoms with Crippen LogP contribution >= 0.6 is 0 Å². The summed E-state index contributed by atoms with van der Waals surface area (Å²) in [5, 5.41) is 19.0. The largest absolute Gasteiger partial charge is 0.477 e. The summed E-state index contributed by atoms with van der Waals surface area (Å²) in [6, 6.07) is -0.112. The van der Waals surface area contributed by atoms with Gasteiger partial charge in [0.2, 0.25) is 5.91 Å². The number of hydrogen-bond acceptors (Lipinski definition) is 3. The van der Waals surface area contributed by atoms with Crippen LogP contribution in [0.3, 0.4) is 0 Å². The first-order valence-corrected chi connectivity index (χ1v) is 6.51. The Kier molecular flexibility index (Phi) is 2.48. The molecule has 4 atom stereocenters. The first-order chi connectivity index (χ1) is 8.54. The van der Waals surface area contributed by atoms with E-state index in [0.717, 1.165) is 31.3 Å². The van der Waals surface area contributed by atoms with Gasteiger partial charge in [0.05, 0.1) is 18.1 Å². The normalized spacial score (nSPS) is 36.0. The number of rotatable bonds is 2. The maximum Gasteiger partial charge on any atom is 0.352 e. The van der Waals surface area contributed by atoms with E-state index in [-0.39, 0.29) is 23.6 Å². The van der Waals surface area contributed by atoms with Gasteiger partial charge in [-0.1, -0.05) is 6.42 Å². The summed E-state index contributed by atoms with van der Waals surface area (Å²) in [6.07, 6.45) is 3.08. The van der Waals surface area contributed by atoms with Crippen LogP contribution in [0.15, 0.2) is 11.3 Å². The molecule has 0 radical (unpaired) electrons. The molecule has 0 aromatic carbocycles. The van der Waals surface area contributed by atoms with E-state index in [9.17, 15) is 19.8 Å². The maximum atomic E-state index is 12.0. The van der Waals surface area contributed by atoms with Crippen molar-refractivity contribution in [3.05, 3.63) is 11.3 Å². The van der Waals surface area contributed by atoms with E-state index in [1.807, 2.05) is 0 Å². The molecule has 5 nitrogen and oxygen atoms in total. The zero-order valence-electron chi connectivity index (χ0n) is 10.3. The van der Waals surface area contributed by atoms with Crippen LogP contribution in [0.4, 0.5) is 0 Å². The van der Waals surface area contributed by atoms with E-state index >= 15 is 0 Å². The highest BCUT2D eigenvalue weighted by molar-refractivity contribution is 6.00. The Morgan fingerprint density at radius 3 is 2.78 bits per heavy atom. The average Bonchev–Trinajstić information content (AvgIpc) is 2.60. The maximum absolute atomic E-state index is 12.0. The molecule has 2 N–H and O–H groups in total. The number of carboxylic acids is 1. The van der Waals surface area contributed by atoms with Gasteiger partial charge >= 0.3 is 5.97 Å². The molecule has 0 aromatic heterocycles. The molecular weight excluding hydrogens is 234 g/mol. The average molecular weight is 251 g/mol. The van der Waals surface area contributed by atoms with Gasteiger partial charge < -0.3 is 15.1 Å². The number of carboxylic acid groups (broad SMARTS) is 1. The lowest BCUT2D eigenvalue weighted by Crippen LogP contribution is -2.63. The predicted molar refractivity (Wildman–Crippen MR) is 62.4 cm³/mol. The molecular formula is C13H17NO4. The van der Waals surface area contributed by atoms with Gasteiger partial charge in [-0.25, -0.2) is 4.79 Å². The third-order valence-corrected chi connectivity index (χ3v) is 4.53. The van der Waals surface area contributed by atoms with Crippen molar-refractivity contribution in [2.45, 2.75) is 44.8 Å². The van der Waals surface area contributed by atoms with Gasteiger partial charge in [0.15, 0.2) is 0 Å². The lowest BCUT2D eigenvalue weighted by molar-refractivity contribution is -0.163. The number of amides is 1. The predicted octanol–water partition coefficient (Wildman–Crippen LogP) is 0.737. The molecule has 0 spiro atoms. The Morgan fingerprint density at radius 2 is 2.17 bits per heavy atom. The second kappa shape index (κ2) is 3.82. The number of fused-ring (bicyclic) bond motifs is 3. The van der Waals surface area contributed by atoms with Crippen molar-refractivity contribution in [3.8, 4) is 0 Å². The third kappa shape index (κ3) is 1.31. The number of carbonyl (C=O) groups is 2. The Bertz CT molecular complexity index is 454. The van der Waals surface area contributed by atoms with E-state index in [2.05, 4.69) is 0 Å². The van der Waals surface area contributed by atoms with Crippen molar-refractivity contribution >= 4 is 11.9 Å². The van der Waals surface area contributed by atoms with E-state index in [1.54, 1.807) is 6.92 Å². The fraction of sp³-hybridized carbons (Fsp3) is 0.692. The molecule has 0 aromatic rings. The number of aliphatic hydroxyl groups excluding tert-OH is 1. The van der Waals surface area contributed by atoms with Crippen LogP contribution < -0.4 is 0 Å². The monoisotopic (exact) mass is 251 g/mol. The summed E-state index contributed by atoms with van der Waals surface area (Å²) in [7, 11) is 0. The molecule has 3 rings (SSSR count). The molecule has 5 heteroatoms. The molecule has 0 bridgehead atoms. The molecule has 1 saturated carbocycles. The highest BCUT2D eigenvalue weighted by Crippen LogP contribution is 2.51. The van der Waals surface area contributed by atoms with Crippen molar-refractivity contribution in [1.82, 2.24) is 4.90 Å². The van der Waals surface area contributed by atoms with Crippen LogP contribution in [0, 0.1) is 11.8 Å². The number of carbonyl (C=O) groups excluding carboxylic acids is 1. The van der Waals surface area contributed by atoms with E-state index in [0.29, 0.717) is 0 Å². The number of aliphatic carboxylic acids is 1. The molecule has 1 aliphatic carbocycles. The SMILES string of the molecule is C[C@@H](O)[C@H]1C(=O)N2C(C(=O)O)=C3CCCC[C@H]3[C@H]12. The highest BCUT2D eigenvalue weighted by Gasteiger charge is 2.60. The van der Waals surface area contributed by atoms with Gasteiger partial charge in [-0.15, -0.1) is 0 Å². The molecule has 3 aliphatic rings. The van der Waals surface area contributed by atoms with Crippen LogP contribution in [0.1, 0.15) is 32.6 Å². The number of hydrogen-bond donors (Lipinski definition) is 2. The lowest BCUT2D eigenvalue weighted by Gasteiger charge is -2.47. The van der Waals surface area contributed by atoms with Gasteiger partial charge in [0.1, 0.15) is 5.70 Å². The van der Waals surface area contributed by atoms with E-state index < -0.39 is 18.0 Å². The van der Waals surface area contributed by atoms with E-state index in [1.165, 1.54) is 4.90 Å². The minimum atomic E-state index is -1.00. The topological polar surface area (TPSA) is 77.8 Å². The zero-order valence-corrected chi connectivity index (χ0v) is 10.3. The van der Waals surface area contributed by atoms with Crippen molar-refractivity contribution in [1.29, 1.82) is 0 Å². The van der Waals surface area contributed by atoms with Gasteiger partial charge in [0.25, 0.3) is 0 Å². The Labute approximate surface area is 105 Å². The van der Waals surface area contributed by atoms with Crippen molar-refractivity contribution in [2.24, 2.45) is 11.8 Å². The van der Waals surface area contributed by atoms with Crippen molar-refractivity contribution in [3.63, 3.8) is 0 Å². The summed E-state index contributed by atoms with van der Waals surface area (Å²) < 4.78 is 0. The Morgan fingerprint density at radius 1 is 1.44 bits per heavy atom. The summed E-state index contributed by atoms with van der Waals surface area (Å²) in [6.45, 7) is 1.61.